The number of aryl methyl sites for hydroxylation is 1. The summed E-state index contributed by atoms with van der Waals surface area (Å²) in [7, 11) is -2.40. The quantitative estimate of drug-likeness (QED) is 0.352. The number of fused-ring (bicyclic) bond motifs is 1. The Hall–Kier alpha value is -2.54. The number of carbonyl (C=O) groups excluding carboxylic acids is 2. The van der Waals surface area contributed by atoms with Gasteiger partial charge in [-0.2, -0.15) is 12.7 Å². The summed E-state index contributed by atoms with van der Waals surface area (Å²) in [5, 5.41) is 12.9. The predicted molar refractivity (Wildman–Crippen MR) is 132 cm³/mol. The number of nitrogens with zero attached hydrogens (tertiary/aromatic N) is 2. The summed E-state index contributed by atoms with van der Waals surface area (Å²) in [6.45, 7) is 3.77. The van der Waals surface area contributed by atoms with Crippen LogP contribution in [0, 0.1) is 5.92 Å². The third-order valence-electron chi connectivity index (χ3n) is 7.00. The summed E-state index contributed by atoms with van der Waals surface area (Å²) in [5.41, 5.74) is 1.04. The van der Waals surface area contributed by atoms with E-state index in [0.717, 1.165) is 5.56 Å². The second kappa shape index (κ2) is 12.1. The van der Waals surface area contributed by atoms with E-state index in [9.17, 15) is 27.9 Å². The number of esters is 1. The highest BCUT2D eigenvalue weighted by Crippen LogP contribution is 2.37. The van der Waals surface area contributed by atoms with Crippen LogP contribution in [0.15, 0.2) is 30.3 Å². The minimum atomic E-state index is -3.72. The van der Waals surface area contributed by atoms with Crippen LogP contribution in [0.2, 0.25) is 0 Å². The molecular formula is C24H36N4O7S. The first-order valence-electron chi connectivity index (χ1n) is 12.3. The number of nitrogens with one attached hydrogen (secondary N) is 2. The Morgan fingerprint density at radius 1 is 1.22 bits per heavy atom. The van der Waals surface area contributed by atoms with Gasteiger partial charge in [0.2, 0.25) is 5.91 Å². The zero-order chi connectivity index (χ0) is 26.5. The fourth-order valence-corrected chi connectivity index (χ4v) is 6.07. The summed E-state index contributed by atoms with van der Waals surface area (Å²) in [6, 6.07) is 6.36. The average Bonchev–Trinajstić information content (AvgIpc) is 3.25. The van der Waals surface area contributed by atoms with Crippen molar-refractivity contribution in [3.05, 3.63) is 35.9 Å². The molecule has 11 nitrogen and oxygen atoms in total. The number of hydrogen-bond acceptors (Lipinski definition) is 7. The van der Waals surface area contributed by atoms with E-state index in [-0.39, 0.29) is 32.0 Å². The third kappa shape index (κ3) is 6.41. The van der Waals surface area contributed by atoms with Crippen LogP contribution in [-0.2, 0) is 35.8 Å². The first kappa shape index (κ1) is 28.0. The van der Waals surface area contributed by atoms with Crippen LogP contribution in [0.4, 0.5) is 0 Å². The molecule has 2 aliphatic rings. The highest BCUT2D eigenvalue weighted by molar-refractivity contribution is 7.87. The van der Waals surface area contributed by atoms with E-state index in [2.05, 4.69) is 10.0 Å². The molecule has 0 unspecified atom stereocenters. The lowest BCUT2D eigenvalue weighted by Crippen LogP contribution is -2.59. The number of likely N-dealkylation sites (tertiary alicyclic amines) is 1. The molecule has 2 saturated heterocycles. The maximum atomic E-state index is 13.6. The Morgan fingerprint density at radius 2 is 1.92 bits per heavy atom. The van der Waals surface area contributed by atoms with Gasteiger partial charge in [0.05, 0.1) is 12.6 Å². The standard InChI is InChI=1S/C24H36N4O7S/c1-4-35-24(32)19(11-10-17-8-6-5-7-9-17)26-16(2)22(29)28-20(23(30)31)14-18-12-13-27(15-21(18)28)36(33,34)25-3/h5-9,16,18-21,25-26H,4,10-15H2,1-3H3,(H,30,31)/t16-,18+,19+,20+,21-/m1/s1. The number of benzene rings is 1. The van der Waals surface area contributed by atoms with Crippen LogP contribution in [0.1, 0.15) is 38.7 Å². The number of piperidine rings is 1. The average molecular weight is 525 g/mol. The van der Waals surface area contributed by atoms with Crippen molar-refractivity contribution in [1.29, 1.82) is 0 Å². The van der Waals surface area contributed by atoms with Crippen LogP contribution in [0.5, 0.6) is 0 Å². The molecule has 0 aromatic heterocycles. The predicted octanol–water partition coefficient (Wildman–Crippen LogP) is 0.369. The highest BCUT2D eigenvalue weighted by Gasteiger charge is 2.51. The van der Waals surface area contributed by atoms with Crippen molar-refractivity contribution < 1.29 is 32.6 Å². The molecule has 0 spiro atoms. The van der Waals surface area contributed by atoms with Gasteiger partial charge in [-0.3, -0.25) is 14.9 Å². The molecule has 0 saturated carbocycles. The fourth-order valence-electron chi connectivity index (χ4n) is 5.12. The van der Waals surface area contributed by atoms with Crippen molar-refractivity contribution in [2.75, 3.05) is 26.7 Å². The van der Waals surface area contributed by atoms with Gasteiger partial charge in [0.15, 0.2) is 0 Å². The molecule has 1 amide bonds. The molecule has 0 radical (unpaired) electrons. The Kier molecular flexibility index (Phi) is 9.45. The summed E-state index contributed by atoms with van der Waals surface area (Å²) in [5.74, 6) is -2.21. The van der Waals surface area contributed by atoms with Gasteiger partial charge in [-0.15, -0.1) is 0 Å². The Balaban J connectivity index is 1.77. The number of hydrogen-bond donors (Lipinski definition) is 3. The smallest absolute Gasteiger partial charge is 0.326 e. The van der Waals surface area contributed by atoms with Gasteiger partial charge in [-0.05, 0) is 51.0 Å². The van der Waals surface area contributed by atoms with Crippen molar-refractivity contribution in [3.63, 3.8) is 0 Å². The van der Waals surface area contributed by atoms with Crippen LogP contribution >= 0.6 is 0 Å². The van der Waals surface area contributed by atoms with Gasteiger partial charge in [-0.1, -0.05) is 30.3 Å². The largest absolute Gasteiger partial charge is 0.480 e. The van der Waals surface area contributed by atoms with Crippen molar-refractivity contribution in [2.45, 2.75) is 63.7 Å². The lowest BCUT2D eigenvalue weighted by molar-refractivity contribution is -0.152. The van der Waals surface area contributed by atoms with Gasteiger partial charge >= 0.3 is 11.9 Å². The van der Waals surface area contributed by atoms with Gasteiger partial charge in [0.25, 0.3) is 10.2 Å². The van der Waals surface area contributed by atoms with Crippen molar-refractivity contribution in [3.8, 4) is 0 Å². The number of rotatable bonds is 11. The normalized spacial score (nSPS) is 24.1. The molecule has 3 rings (SSSR count). The van der Waals surface area contributed by atoms with E-state index in [4.69, 9.17) is 4.74 Å². The molecular weight excluding hydrogens is 488 g/mol. The van der Waals surface area contributed by atoms with E-state index in [1.807, 2.05) is 30.3 Å². The number of carboxylic acids is 1. The molecule has 3 N–H and O–H groups in total. The number of carbonyl (C=O) groups is 3. The van der Waals surface area contributed by atoms with Crippen LogP contribution in [0.3, 0.4) is 0 Å². The Bertz CT molecular complexity index is 1040. The molecule has 2 heterocycles. The minimum Gasteiger partial charge on any atom is -0.480 e. The summed E-state index contributed by atoms with van der Waals surface area (Å²) < 4.78 is 33.5. The lowest BCUT2D eigenvalue weighted by Gasteiger charge is -2.39. The lowest BCUT2D eigenvalue weighted by atomic mass is 9.92. The molecule has 36 heavy (non-hydrogen) atoms. The van der Waals surface area contributed by atoms with E-state index in [0.29, 0.717) is 19.3 Å². The van der Waals surface area contributed by atoms with E-state index in [1.165, 1.54) is 16.3 Å². The third-order valence-corrected chi connectivity index (χ3v) is 8.53. The number of carboxylic acid groups (broad SMARTS) is 1. The fraction of sp³-hybridized carbons (Fsp3) is 0.625. The van der Waals surface area contributed by atoms with E-state index < -0.39 is 52.2 Å². The highest BCUT2D eigenvalue weighted by atomic mass is 32.2. The van der Waals surface area contributed by atoms with Gasteiger partial charge in [-0.25, -0.2) is 9.52 Å². The second-order valence-corrected chi connectivity index (χ2v) is 11.1. The molecule has 0 bridgehead atoms. The maximum absolute atomic E-state index is 13.6. The van der Waals surface area contributed by atoms with Crippen LogP contribution in [-0.4, -0.2) is 91.5 Å². The van der Waals surface area contributed by atoms with Gasteiger partial charge < -0.3 is 14.7 Å². The molecule has 12 heteroatoms. The maximum Gasteiger partial charge on any atom is 0.326 e. The molecule has 2 fully saturated rings. The number of ether oxygens (including phenoxy) is 1. The topological polar surface area (TPSA) is 145 Å². The van der Waals surface area contributed by atoms with Crippen LogP contribution in [0.25, 0.3) is 0 Å². The minimum absolute atomic E-state index is 0.0192. The van der Waals surface area contributed by atoms with E-state index >= 15 is 0 Å². The first-order chi connectivity index (χ1) is 17.1. The molecule has 5 atom stereocenters. The summed E-state index contributed by atoms with van der Waals surface area (Å²) in [4.78, 5) is 39.6. The second-order valence-electron chi connectivity index (χ2n) is 9.24. The number of aliphatic carboxylic acids is 1. The van der Waals surface area contributed by atoms with E-state index in [1.54, 1.807) is 13.8 Å². The van der Waals surface area contributed by atoms with Crippen LogP contribution < -0.4 is 10.0 Å². The first-order valence-corrected chi connectivity index (χ1v) is 13.7. The Labute approximate surface area is 212 Å². The molecule has 0 aliphatic carbocycles. The molecule has 2 aliphatic heterocycles. The summed E-state index contributed by atoms with van der Waals surface area (Å²) >= 11 is 0. The molecule has 200 valence electrons. The monoisotopic (exact) mass is 524 g/mol. The zero-order valence-electron chi connectivity index (χ0n) is 20.9. The summed E-state index contributed by atoms with van der Waals surface area (Å²) in [6.07, 6.45) is 1.70. The molecule has 1 aromatic carbocycles. The molecule has 1 aromatic rings. The van der Waals surface area contributed by atoms with Gasteiger partial charge in [0, 0.05) is 26.2 Å². The number of amides is 1. The zero-order valence-corrected chi connectivity index (χ0v) is 21.7. The van der Waals surface area contributed by atoms with Crippen molar-refractivity contribution in [2.24, 2.45) is 5.92 Å². The Morgan fingerprint density at radius 3 is 2.53 bits per heavy atom. The SMILES string of the molecule is CCOC(=O)[C@H](CCc1ccccc1)N[C@H](C)C(=O)N1[C@@H]2CN(S(=O)(=O)NC)CC[C@H]2C[C@H]1C(=O)O. The van der Waals surface area contributed by atoms with Gasteiger partial charge in [0.1, 0.15) is 12.1 Å². The van der Waals surface area contributed by atoms with Crippen molar-refractivity contribution in [1.82, 2.24) is 19.2 Å². The van der Waals surface area contributed by atoms with Crippen molar-refractivity contribution >= 4 is 28.1 Å².